The Labute approximate surface area is 116 Å². The van der Waals surface area contributed by atoms with E-state index in [0.717, 1.165) is 24.8 Å². The van der Waals surface area contributed by atoms with Crippen LogP contribution in [0.4, 0.5) is 5.69 Å². The van der Waals surface area contributed by atoms with E-state index in [0.29, 0.717) is 17.7 Å². The fourth-order valence-corrected chi connectivity index (χ4v) is 2.83. The molecular formula is C14H18N4O2. The monoisotopic (exact) mass is 274 g/mol. The summed E-state index contributed by atoms with van der Waals surface area (Å²) in [5.74, 6) is -0.500. The molecule has 0 radical (unpaired) electrons. The molecule has 2 unspecified atom stereocenters. The number of nitrogens with zero attached hydrogens (tertiary/aromatic N) is 2. The fraction of sp³-hybridized carbons (Fsp3) is 0.429. The summed E-state index contributed by atoms with van der Waals surface area (Å²) in [7, 11) is 0. The number of aromatic nitrogens is 2. The number of carbonyl (C=O) groups is 1. The first-order valence-corrected chi connectivity index (χ1v) is 6.86. The number of aliphatic hydroxyl groups is 1. The number of hydrogen-bond acceptors (Lipinski definition) is 4. The Balaban J connectivity index is 1.97. The lowest BCUT2D eigenvalue weighted by Crippen LogP contribution is -2.31. The predicted molar refractivity (Wildman–Crippen MR) is 75.6 cm³/mol. The third kappa shape index (κ3) is 2.34. The molecular weight excluding hydrogens is 256 g/mol. The minimum atomic E-state index is -0.500. The van der Waals surface area contributed by atoms with Crippen molar-refractivity contribution in [2.24, 2.45) is 5.73 Å². The molecule has 1 aliphatic rings. The largest absolute Gasteiger partial charge is 0.393 e. The zero-order chi connectivity index (χ0) is 14.1. The Morgan fingerprint density at radius 3 is 3.10 bits per heavy atom. The van der Waals surface area contributed by atoms with Crippen molar-refractivity contribution in [1.29, 1.82) is 0 Å². The summed E-state index contributed by atoms with van der Waals surface area (Å²) in [6, 6.07) is 3.91. The number of fused-ring (bicyclic) bond motifs is 1. The van der Waals surface area contributed by atoms with Gasteiger partial charge in [0.25, 0.3) is 5.91 Å². The lowest BCUT2D eigenvalue weighted by molar-refractivity contribution is 0.100. The van der Waals surface area contributed by atoms with E-state index in [-0.39, 0.29) is 12.1 Å². The summed E-state index contributed by atoms with van der Waals surface area (Å²) in [4.78, 5) is 11.6. The molecule has 0 saturated heterocycles. The van der Waals surface area contributed by atoms with Gasteiger partial charge in [-0.2, -0.15) is 5.10 Å². The molecule has 20 heavy (non-hydrogen) atoms. The Bertz CT molecular complexity index is 637. The van der Waals surface area contributed by atoms with Crippen molar-refractivity contribution in [3.63, 3.8) is 0 Å². The predicted octanol–water partition coefficient (Wildman–Crippen LogP) is 1.15. The summed E-state index contributed by atoms with van der Waals surface area (Å²) in [6.45, 7) is 0. The van der Waals surface area contributed by atoms with Gasteiger partial charge in [-0.15, -0.1) is 0 Å². The summed E-state index contributed by atoms with van der Waals surface area (Å²) < 4.78 is 1.70. The number of primary amides is 1. The normalized spacial score (nSPS) is 22.9. The van der Waals surface area contributed by atoms with Crippen molar-refractivity contribution in [1.82, 2.24) is 9.61 Å². The molecule has 4 N–H and O–H groups in total. The molecule has 1 amide bonds. The Morgan fingerprint density at radius 1 is 1.50 bits per heavy atom. The molecule has 1 saturated carbocycles. The molecule has 6 heteroatoms. The SMILES string of the molecule is NC(=O)c1cnn2cccc2c1NC1CCCC(O)C1. The molecule has 6 nitrogen and oxygen atoms in total. The summed E-state index contributed by atoms with van der Waals surface area (Å²) in [5, 5.41) is 17.3. The van der Waals surface area contributed by atoms with Gasteiger partial charge in [-0.05, 0) is 37.8 Å². The van der Waals surface area contributed by atoms with Crippen molar-refractivity contribution in [3.8, 4) is 0 Å². The zero-order valence-corrected chi connectivity index (χ0v) is 11.1. The van der Waals surface area contributed by atoms with Gasteiger partial charge in [-0.3, -0.25) is 4.79 Å². The highest BCUT2D eigenvalue weighted by Crippen LogP contribution is 2.27. The highest BCUT2D eigenvalue weighted by atomic mass is 16.3. The molecule has 2 aromatic heterocycles. The van der Waals surface area contributed by atoms with Gasteiger partial charge in [0, 0.05) is 12.2 Å². The molecule has 1 aliphatic carbocycles. The van der Waals surface area contributed by atoms with E-state index < -0.39 is 5.91 Å². The molecule has 1 fully saturated rings. The molecule has 2 heterocycles. The second-order valence-corrected chi connectivity index (χ2v) is 5.30. The van der Waals surface area contributed by atoms with Crippen LogP contribution >= 0.6 is 0 Å². The molecule has 0 bridgehead atoms. The molecule has 3 rings (SSSR count). The van der Waals surface area contributed by atoms with Crippen LogP contribution in [0, 0.1) is 0 Å². The topological polar surface area (TPSA) is 92.7 Å². The molecule has 2 aromatic rings. The lowest BCUT2D eigenvalue weighted by Gasteiger charge is -2.28. The maximum absolute atomic E-state index is 11.6. The van der Waals surface area contributed by atoms with Gasteiger partial charge in [0.1, 0.15) is 0 Å². The van der Waals surface area contributed by atoms with Crippen LogP contribution in [0.15, 0.2) is 24.5 Å². The third-order valence-corrected chi connectivity index (χ3v) is 3.83. The third-order valence-electron chi connectivity index (χ3n) is 3.83. The lowest BCUT2D eigenvalue weighted by atomic mass is 9.92. The summed E-state index contributed by atoms with van der Waals surface area (Å²) in [6.07, 6.45) is 6.52. The van der Waals surface area contributed by atoms with Crippen molar-refractivity contribution in [2.45, 2.75) is 37.8 Å². The van der Waals surface area contributed by atoms with Gasteiger partial charge in [-0.25, -0.2) is 4.52 Å². The van der Waals surface area contributed by atoms with Gasteiger partial charge in [0.05, 0.1) is 29.1 Å². The Morgan fingerprint density at radius 2 is 2.35 bits per heavy atom. The van der Waals surface area contributed by atoms with Crippen molar-refractivity contribution in [3.05, 3.63) is 30.1 Å². The van der Waals surface area contributed by atoms with E-state index in [4.69, 9.17) is 5.73 Å². The zero-order valence-electron chi connectivity index (χ0n) is 11.1. The van der Waals surface area contributed by atoms with E-state index >= 15 is 0 Å². The van der Waals surface area contributed by atoms with Crippen molar-refractivity contribution < 1.29 is 9.90 Å². The maximum atomic E-state index is 11.6. The maximum Gasteiger partial charge on any atom is 0.252 e. The van der Waals surface area contributed by atoms with Crippen LogP contribution in [0.5, 0.6) is 0 Å². The number of amides is 1. The van der Waals surface area contributed by atoms with Crippen LogP contribution in [0.3, 0.4) is 0 Å². The Hall–Kier alpha value is -2.08. The van der Waals surface area contributed by atoms with E-state index in [2.05, 4.69) is 10.4 Å². The van der Waals surface area contributed by atoms with E-state index in [1.807, 2.05) is 18.3 Å². The minimum absolute atomic E-state index is 0.151. The van der Waals surface area contributed by atoms with E-state index in [9.17, 15) is 9.90 Å². The number of nitrogens with two attached hydrogens (primary N) is 1. The number of rotatable bonds is 3. The van der Waals surface area contributed by atoms with E-state index in [1.54, 1.807) is 4.52 Å². The van der Waals surface area contributed by atoms with Crippen molar-refractivity contribution in [2.75, 3.05) is 5.32 Å². The fourth-order valence-electron chi connectivity index (χ4n) is 2.83. The average molecular weight is 274 g/mol. The second kappa shape index (κ2) is 5.13. The Kier molecular flexibility index (Phi) is 3.31. The van der Waals surface area contributed by atoms with Crippen LogP contribution in [-0.2, 0) is 0 Å². The highest BCUT2D eigenvalue weighted by Gasteiger charge is 2.22. The van der Waals surface area contributed by atoms with Crippen LogP contribution in [-0.4, -0.2) is 32.8 Å². The first-order chi connectivity index (χ1) is 9.65. The van der Waals surface area contributed by atoms with Crippen LogP contribution in [0.2, 0.25) is 0 Å². The van der Waals surface area contributed by atoms with Crippen LogP contribution < -0.4 is 11.1 Å². The summed E-state index contributed by atoms with van der Waals surface area (Å²) >= 11 is 0. The first-order valence-electron chi connectivity index (χ1n) is 6.86. The smallest absolute Gasteiger partial charge is 0.252 e. The molecule has 0 spiro atoms. The van der Waals surface area contributed by atoms with Gasteiger partial charge in [-0.1, -0.05) is 0 Å². The first kappa shape index (κ1) is 12.9. The molecule has 106 valence electrons. The quantitative estimate of drug-likeness (QED) is 0.782. The van der Waals surface area contributed by atoms with Gasteiger partial charge in [0.2, 0.25) is 0 Å². The van der Waals surface area contributed by atoms with Gasteiger partial charge < -0.3 is 16.2 Å². The number of carbonyl (C=O) groups excluding carboxylic acids is 1. The van der Waals surface area contributed by atoms with Gasteiger partial charge >= 0.3 is 0 Å². The molecule has 0 aliphatic heterocycles. The molecule has 0 aromatic carbocycles. The average Bonchev–Trinajstić information content (AvgIpc) is 2.87. The second-order valence-electron chi connectivity index (χ2n) is 5.30. The number of nitrogens with one attached hydrogen (secondary N) is 1. The summed E-state index contributed by atoms with van der Waals surface area (Å²) in [5.41, 5.74) is 7.34. The minimum Gasteiger partial charge on any atom is -0.393 e. The van der Waals surface area contributed by atoms with E-state index in [1.165, 1.54) is 6.20 Å². The number of hydrogen-bond donors (Lipinski definition) is 3. The number of anilines is 1. The van der Waals surface area contributed by atoms with Crippen LogP contribution in [0.25, 0.3) is 5.52 Å². The highest BCUT2D eigenvalue weighted by molar-refractivity contribution is 6.01. The van der Waals surface area contributed by atoms with Crippen LogP contribution in [0.1, 0.15) is 36.0 Å². The van der Waals surface area contributed by atoms with Crippen molar-refractivity contribution >= 4 is 17.1 Å². The standard InChI is InChI=1S/C14H18N4O2/c15-14(20)11-8-16-18-6-2-5-12(18)13(11)17-9-3-1-4-10(19)7-9/h2,5-6,8-10,17,19H,1,3-4,7H2,(H2,15,20). The molecule has 2 atom stereocenters. The van der Waals surface area contributed by atoms with Gasteiger partial charge in [0.15, 0.2) is 0 Å². The number of aliphatic hydroxyl groups excluding tert-OH is 1.